The lowest BCUT2D eigenvalue weighted by Crippen LogP contribution is -2.62. The number of hydrogen-bond acceptors (Lipinski definition) is 11. The van der Waals surface area contributed by atoms with Gasteiger partial charge in [-0.2, -0.15) is 0 Å². The molecule has 9 atom stereocenters. The zero-order valence-electron chi connectivity index (χ0n) is 14.2. The van der Waals surface area contributed by atoms with Crippen molar-refractivity contribution in [1.29, 1.82) is 0 Å². The van der Waals surface area contributed by atoms with Crippen LogP contribution in [0.4, 0.5) is 0 Å². The Morgan fingerprint density at radius 2 is 1.93 bits per heavy atom. The number of aliphatic hydroxyl groups excluding tert-OH is 4. The standard InChI is InChI=1S/C16H22O11/c17-3-7-10(18)11(19)12(20)15(26-7)27-14-9(8-5-24-8)16(22)1-2-23-13(21)6(16)4-25-14/h4,7-12,14-15,17-20,22H,1-3,5H2/t7-,8+,9-,10+,11+,12-,14-,15-,16-/m0/s1. The Bertz CT molecular complexity index is 617. The number of epoxide rings is 1. The first-order chi connectivity index (χ1) is 12.9. The summed E-state index contributed by atoms with van der Waals surface area (Å²) < 4.78 is 26.7. The molecule has 11 heteroatoms. The summed E-state index contributed by atoms with van der Waals surface area (Å²) in [4.78, 5) is 12.0. The van der Waals surface area contributed by atoms with Gasteiger partial charge >= 0.3 is 5.97 Å². The van der Waals surface area contributed by atoms with Crippen molar-refractivity contribution in [2.24, 2.45) is 5.92 Å². The van der Waals surface area contributed by atoms with Gasteiger partial charge in [0.15, 0.2) is 6.29 Å². The van der Waals surface area contributed by atoms with E-state index < -0.39 is 67.2 Å². The summed E-state index contributed by atoms with van der Waals surface area (Å²) in [5.74, 6) is -1.50. The summed E-state index contributed by atoms with van der Waals surface area (Å²) in [7, 11) is 0. The van der Waals surface area contributed by atoms with Gasteiger partial charge in [-0.25, -0.2) is 4.79 Å². The summed E-state index contributed by atoms with van der Waals surface area (Å²) in [6.07, 6.45) is -7.79. The number of esters is 1. The third kappa shape index (κ3) is 3.13. The van der Waals surface area contributed by atoms with Crippen LogP contribution in [0.15, 0.2) is 11.8 Å². The van der Waals surface area contributed by atoms with E-state index in [1.165, 1.54) is 0 Å². The molecule has 11 nitrogen and oxygen atoms in total. The first-order valence-corrected chi connectivity index (χ1v) is 8.70. The second-order valence-electron chi connectivity index (χ2n) is 7.08. The van der Waals surface area contributed by atoms with Gasteiger partial charge in [0.1, 0.15) is 35.6 Å². The van der Waals surface area contributed by atoms with Gasteiger partial charge in [-0.1, -0.05) is 0 Å². The van der Waals surface area contributed by atoms with Crippen LogP contribution < -0.4 is 0 Å². The zero-order chi connectivity index (χ0) is 19.3. The predicted molar refractivity (Wildman–Crippen MR) is 81.6 cm³/mol. The maximum atomic E-state index is 12.0. The highest BCUT2D eigenvalue weighted by molar-refractivity contribution is 5.91. The summed E-state index contributed by atoms with van der Waals surface area (Å²) in [5, 5.41) is 50.3. The van der Waals surface area contributed by atoms with Gasteiger partial charge in [-0.05, 0) is 0 Å². The minimum absolute atomic E-state index is 0.0165. The molecule has 4 heterocycles. The zero-order valence-corrected chi connectivity index (χ0v) is 14.2. The lowest BCUT2D eigenvalue weighted by Gasteiger charge is -2.47. The highest BCUT2D eigenvalue weighted by atomic mass is 16.8. The largest absolute Gasteiger partial charge is 0.471 e. The van der Waals surface area contributed by atoms with Crippen LogP contribution in [0.2, 0.25) is 0 Å². The van der Waals surface area contributed by atoms with Crippen LogP contribution >= 0.6 is 0 Å². The Balaban J connectivity index is 1.57. The highest BCUT2D eigenvalue weighted by Gasteiger charge is 2.60. The third-order valence-corrected chi connectivity index (χ3v) is 5.44. The second kappa shape index (κ2) is 6.94. The van der Waals surface area contributed by atoms with Gasteiger partial charge in [-0.3, -0.25) is 0 Å². The van der Waals surface area contributed by atoms with Gasteiger partial charge in [0.2, 0.25) is 6.29 Å². The molecule has 0 radical (unpaired) electrons. The molecule has 0 aromatic rings. The number of carbonyl (C=O) groups is 1. The van der Waals surface area contributed by atoms with Crippen LogP contribution in [0, 0.1) is 5.92 Å². The van der Waals surface area contributed by atoms with Crippen molar-refractivity contribution < 1.29 is 54.0 Å². The molecule has 27 heavy (non-hydrogen) atoms. The number of rotatable bonds is 4. The third-order valence-electron chi connectivity index (χ3n) is 5.44. The van der Waals surface area contributed by atoms with Crippen LogP contribution in [0.3, 0.4) is 0 Å². The van der Waals surface area contributed by atoms with E-state index in [0.29, 0.717) is 6.61 Å². The fourth-order valence-corrected chi connectivity index (χ4v) is 3.80. The van der Waals surface area contributed by atoms with E-state index >= 15 is 0 Å². The van der Waals surface area contributed by atoms with Gasteiger partial charge in [0.25, 0.3) is 0 Å². The van der Waals surface area contributed by atoms with Crippen molar-refractivity contribution >= 4 is 5.97 Å². The van der Waals surface area contributed by atoms with Crippen molar-refractivity contribution in [1.82, 2.24) is 0 Å². The molecule has 152 valence electrons. The van der Waals surface area contributed by atoms with Crippen LogP contribution in [0.5, 0.6) is 0 Å². The molecule has 0 unspecified atom stereocenters. The van der Waals surface area contributed by atoms with Crippen molar-refractivity contribution in [2.75, 3.05) is 19.8 Å². The van der Waals surface area contributed by atoms with Crippen LogP contribution in [-0.2, 0) is 28.5 Å². The first kappa shape index (κ1) is 19.0. The number of hydrogen-bond donors (Lipinski definition) is 5. The Hall–Kier alpha value is -1.31. The number of carbonyl (C=O) groups excluding carboxylic acids is 1. The Labute approximate surface area is 153 Å². The Morgan fingerprint density at radius 3 is 2.59 bits per heavy atom. The molecular weight excluding hydrogens is 368 g/mol. The second-order valence-corrected chi connectivity index (χ2v) is 7.08. The van der Waals surface area contributed by atoms with E-state index in [9.17, 15) is 30.3 Å². The molecule has 3 fully saturated rings. The predicted octanol–water partition coefficient (Wildman–Crippen LogP) is -3.26. The van der Waals surface area contributed by atoms with E-state index in [4.69, 9.17) is 23.7 Å². The maximum Gasteiger partial charge on any atom is 0.340 e. The lowest BCUT2D eigenvalue weighted by atomic mass is 9.74. The molecule has 0 aromatic heterocycles. The molecule has 0 spiro atoms. The van der Waals surface area contributed by atoms with E-state index in [1.54, 1.807) is 0 Å². The summed E-state index contributed by atoms with van der Waals surface area (Å²) >= 11 is 0. The van der Waals surface area contributed by atoms with E-state index in [1.807, 2.05) is 0 Å². The maximum absolute atomic E-state index is 12.0. The lowest BCUT2D eigenvalue weighted by molar-refractivity contribution is -0.348. The minimum Gasteiger partial charge on any atom is -0.471 e. The van der Waals surface area contributed by atoms with E-state index in [-0.39, 0.29) is 18.6 Å². The number of fused-ring (bicyclic) bond motifs is 1. The Kier molecular flexibility index (Phi) is 4.89. The highest BCUT2D eigenvalue weighted by Crippen LogP contribution is 2.46. The van der Waals surface area contributed by atoms with Crippen LogP contribution in [0.25, 0.3) is 0 Å². The SMILES string of the molecule is O=C1OCC[C@]2(O)C1=CO[C@@H](O[C@@H]1O[C@@H](CO)[C@@H](O)[C@@H](O)[C@@H]1O)[C@@H]2[C@H]1CO1. The minimum atomic E-state index is -1.62. The fraction of sp³-hybridized carbons (Fsp3) is 0.812. The summed E-state index contributed by atoms with van der Waals surface area (Å²) in [6.45, 7) is -0.263. The molecule has 0 aliphatic carbocycles. The fourth-order valence-electron chi connectivity index (χ4n) is 3.80. The smallest absolute Gasteiger partial charge is 0.340 e. The average Bonchev–Trinajstić information content (AvgIpc) is 3.46. The number of ether oxygens (including phenoxy) is 5. The van der Waals surface area contributed by atoms with Crippen molar-refractivity contribution in [3.8, 4) is 0 Å². The van der Waals surface area contributed by atoms with Crippen molar-refractivity contribution in [3.63, 3.8) is 0 Å². The van der Waals surface area contributed by atoms with Gasteiger partial charge in [0, 0.05) is 6.42 Å². The molecule has 0 saturated carbocycles. The van der Waals surface area contributed by atoms with Crippen LogP contribution in [0.1, 0.15) is 6.42 Å². The molecule has 0 amide bonds. The average molecular weight is 390 g/mol. The van der Waals surface area contributed by atoms with Crippen LogP contribution in [-0.4, -0.2) is 100 Å². The molecule has 0 aromatic carbocycles. The van der Waals surface area contributed by atoms with Gasteiger partial charge < -0.3 is 49.2 Å². The van der Waals surface area contributed by atoms with Crippen molar-refractivity contribution in [3.05, 3.63) is 11.8 Å². The summed E-state index contributed by atoms with van der Waals surface area (Å²) in [6, 6.07) is 0. The van der Waals surface area contributed by atoms with Crippen molar-refractivity contribution in [2.45, 2.75) is 55.1 Å². The quantitative estimate of drug-likeness (QED) is 0.241. The number of cyclic esters (lactones) is 1. The molecule has 4 rings (SSSR count). The summed E-state index contributed by atoms with van der Waals surface area (Å²) in [5.41, 5.74) is -1.64. The topological polar surface area (TPSA) is 168 Å². The molecule has 3 saturated heterocycles. The normalized spacial score (nSPS) is 49.5. The number of aliphatic hydroxyl groups is 5. The first-order valence-electron chi connectivity index (χ1n) is 8.70. The van der Waals surface area contributed by atoms with Gasteiger partial charge in [0.05, 0.1) is 38.1 Å². The van der Waals surface area contributed by atoms with E-state index in [2.05, 4.69) is 0 Å². The molecule has 0 bridgehead atoms. The van der Waals surface area contributed by atoms with Gasteiger partial charge in [-0.15, -0.1) is 0 Å². The molecule has 5 N–H and O–H groups in total. The molecular formula is C16H22O11. The Morgan fingerprint density at radius 1 is 1.19 bits per heavy atom. The molecule has 4 aliphatic rings. The molecule has 4 aliphatic heterocycles. The monoisotopic (exact) mass is 390 g/mol. The van der Waals surface area contributed by atoms with E-state index in [0.717, 1.165) is 6.26 Å².